The summed E-state index contributed by atoms with van der Waals surface area (Å²) in [7, 11) is 0. The Balaban J connectivity index is 2.03. The number of nitrogens with two attached hydrogens (primary N) is 1. The molecule has 0 saturated heterocycles. The zero-order valence-corrected chi connectivity index (χ0v) is 11.8. The molecule has 1 aliphatic rings. The first-order valence-electron chi connectivity index (χ1n) is 5.96. The molecule has 1 saturated carbocycles. The third-order valence-electron chi connectivity index (χ3n) is 3.73. The van der Waals surface area contributed by atoms with Crippen molar-refractivity contribution in [1.29, 1.82) is 0 Å². The normalized spacial score (nSPS) is 17.9. The lowest BCUT2D eigenvalue weighted by Gasteiger charge is -2.40. The summed E-state index contributed by atoms with van der Waals surface area (Å²) in [5.74, 6) is 0.528. The van der Waals surface area contributed by atoms with Crippen LogP contribution in [0.3, 0.4) is 0 Å². The van der Waals surface area contributed by atoms with Crippen molar-refractivity contribution in [3.8, 4) is 0 Å². The second kappa shape index (κ2) is 4.31. The van der Waals surface area contributed by atoms with Crippen molar-refractivity contribution >= 4 is 40.5 Å². The monoisotopic (exact) mass is 282 g/mol. The number of halogens is 1. The lowest BCUT2D eigenvalue weighted by molar-refractivity contribution is 0.326. The maximum Gasteiger partial charge on any atom is 0.202 e. The minimum Gasteiger partial charge on any atom is -0.369 e. The molecule has 2 aromatic heterocycles. The van der Waals surface area contributed by atoms with Crippen molar-refractivity contribution in [2.45, 2.75) is 30.6 Å². The third-order valence-corrected chi connectivity index (χ3v) is 5.34. The van der Waals surface area contributed by atoms with Crippen LogP contribution in [0.25, 0.3) is 11.2 Å². The smallest absolute Gasteiger partial charge is 0.202 e. The number of imidazole rings is 1. The van der Waals surface area contributed by atoms with Crippen LogP contribution in [0.1, 0.15) is 19.3 Å². The van der Waals surface area contributed by atoms with Gasteiger partial charge < -0.3 is 5.73 Å². The fraction of sp³-hybridized carbons (Fsp3) is 0.500. The fourth-order valence-corrected chi connectivity index (χ4v) is 3.55. The van der Waals surface area contributed by atoms with Crippen LogP contribution in [0.5, 0.6) is 0 Å². The summed E-state index contributed by atoms with van der Waals surface area (Å²) < 4.78 is 2.32. The second-order valence-electron chi connectivity index (χ2n) is 4.79. The van der Waals surface area contributed by atoms with E-state index in [1.54, 1.807) is 6.20 Å². The average Bonchev–Trinajstić information content (AvgIpc) is 2.59. The summed E-state index contributed by atoms with van der Waals surface area (Å²) in [5, 5.41) is 0.593. The molecule has 4 nitrogen and oxygen atoms in total. The van der Waals surface area contributed by atoms with E-state index in [-0.39, 0.29) is 0 Å². The van der Waals surface area contributed by atoms with E-state index in [9.17, 15) is 0 Å². The molecule has 0 radical (unpaired) electrons. The van der Waals surface area contributed by atoms with E-state index in [0.717, 1.165) is 17.7 Å². The Kier molecular flexibility index (Phi) is 2.90. The van der Waals surface area contributed by atoms with Gasteiger partial charge in [-0.3, -0.25) is 4.57 Å². The van der Waals surface area contributed by atoms with Crippen LogP contribution in [-0.2, 0) is 6.54 Å². The molecule has 2 heterocycles. The number of nitrogens with zero attached hydrogens (tertiary/aromatic N) is 3. The molecule has 0 atom stereocenters. The van der Waals surface area contributed by atoms with Crippen molar-refractivity contribution in [2.75, 3.05) is 12.0 Å². The van der Waals surface area contributed by atoms with Crippen molar-refractivity contribution in [3.63, 3.8) is 0 Å². The summed E-state index contributed by atoms with van der Waals surface area (Å²) in [5.41, 5.74) is 7.61. The van der Waals surface area contributed by atoms with Crippen molar-refractivity contribution < 1.29 is 0 Å². The highest BCUT2D eigenvalue weighted by Crippen LogP contribution is 2.44. The molecule has 0 aromatic carbocycles. The lowest BCUT2D eigenvalue weighted by Crippen LogP contribution is -2.38. The molecule has 18 heavy (non-hydrogen) atoms. The Morgan fingerprint density at radius 3 is 2.94 bits per heavy atom. The number of hydrogen-bond acceptors (Lipinski definition) is 4. The molecule has 96 valence electrons. The number of aromatic nitrogens is 3. The third kappa shape index (κ3) is 1.86. The fourth-order valence-electron chi connectivity index (χ4n) is 2.45. The second-order valence-corrected chi connectivity index (χ2v) is 6.50. The molecule has 2 aromatic rings. The van der Waals surface area contributed by atoms with Gasteiger partial charge in [0.05, 0.1) is 5.02 Å². The summed E-state index contributed by atoms with van der Waals surface area (Å²) in [4.78, 5) is 8.69. The topological polar surface area (TPSA) is 56.7 Å². The molecule has 0 aliphatic heterocycles. The van der Waals surface area contributed by atoms with Gasteiger partial charge in [0.2, 0.25) is 5.95 Å². The van der Waals surface area contributed by atoms with Gasteiger partial charge in [-0.05, 0) is 25.2 Å². The molecule has 1 fully saturated rings. The van der Waals surface area contributed by atoms with Crippen molar-refractivity contribution in [1.82, 2.24) is 14.5 Å². The zero-order valence-electron chi connectivity index (χ0n) is 10.2. The van der Waals surface area contributed by atoms with Gasteiger partial charge in [-0.25, -0.2) is 9.97 Å². The maximum atomic E-state index is 6.00. The predicted molar refractivity (Wildman–Crippen MR) is 77.0 cm³/mol. The molecular formula is C12H15ClN4S. The van der Waals surface area contributed by atoms with E-state index in [1.165, 1.54) is 19.3 Å². The van der Waals surface area contributed by atoms with Gasteiger partial charge in [-0.15, -0.1) is 0 Å². The van der Waals surface area contributed by atoms with Crippen molar-refractivity contribution in [3.05, 3.63) is 17.3 Å². The Hall–Kier alpha value is -0.940. The highest BCUT2D eigenvalue weighted by molar-refractivity contribution is 8.00. The first-order chi connectivity index (χ1) is 8.63. The number of pyridine rings is 1. The Morgan fingerprint density at radius 1 is 1.56 bits per heavy atom. The summed E-state index contributed by atoms with van der Waals surface area (Å²) in [6.45, 7) is 0.880. The van der Waals surface area contributed by atoms with Crippen LogP contribution >= 0.6 is 23.4 Å². The number of anilines is 1. The van der Waals surface area contributed by atoms with E-state index >= 15 is 0 Å². The van der Waals surface area contributed by atoms with Gasteiger partial charge >= 0.3 is 0 Å². The van der Waals surface area contributed by atoms with Gasteiger partial charge in [-0.2, -0.15) is 11.8 Å². The average molecular weight is 283 g/mol. The molecule has 0 bridgehead atoms. The number of thioether (sulfide) groups is 1. The minimum atomic E-state index is 0.309. The Morgan fingerprint density at radius 2 is 2.33 bits per heavy atom. The molecule has 0 unspecified atom stereocenters. The molecule has 1 aliphatic carbocycles. The van der Waals surface area contributed by atoms with E-state index in [4.69, 9.17) is 17.3 Å². The van der Waals surface area contributed by atoms with E-state index in [2.05, 4.69) is 16.2 Å². The molecular weight excluding hydrogens is 268 g/mol. The quantitative estimate of drug-likeness (QED) is 0.940. The summed E-state index contributed by atoms with van der Waals surface area (Å²) in [6.07, 6.45) is 7.58. The molecule has 6 heteroatoms. The van der Waals surface area contributed by atoms with Gasteiger partial charge in [-0.1, -0.05) is 18.0 Å². The maximum absolute atomic E-state index is 6.00. The summed E-state index contributed by atoms with van der Waals surface area (Å²) in [6, 6.07) is 1.81. The van der Waals surface area contributed by atoms with Gasteiger partial charge in [0.25, 0.3) is 0 Å². The highest BCUT2D eigenvalue weighted by Gasteiger charge is 2.37. The van der Waals surface area contributed by atoms with Crippen molar-refractivity contribution in [2.24, 2.45) is 0 Å². The zero-order chi connectivity index (χ0) is 12.8. The highest BCUT2D eigenvalue weighted by atomic mass is 35.5. The van der Waals surface area contributed by atoms with Crippen LogP contribution in [0.4, 0.5) is 5.95 Å². The van der Waals surface area contributed by atoms with Gasteiger partial charge in [0.15, 0.2) is 5.65 Å². The SMILES string of the molecule is CSC1(Cn2c(N)nc3cc(Cl)cnc32)CCC1. The van der Waals surface area contributed by atoms with Crippen LogP contribution < -0.4 is 5.73 Å². The standard InChI is InChI=1S/C12H15ClN4S/c1-18-12(3-2-4-12)7-17-10-9(16-11(17)14)5-8(13)6-15-10/h5-6H,2-4,7H2,1H3,(H2,14,16). The number of rotatable bonds is 3. The van der Waals surface area contributed by atoms with Crippen LogP contribution in [0, 0.1) is 0 Å². The number of nitrogen functional groups attached to an aromatic ring is 1. The van der Waals surface area contributed by atoms with E-state index in [0.29, 0.717) is 15.7 Å². The van der Waals surface area contributed by atoms with Crippen LogP contribution in [-0.4, -0.2) is 25.5 Å². The van der Waals surface area contributed by atoms with Crippen LogP contribution in [0.2, 0.25) is 5.02 Å². The summed E-state index contributed by atoms with van der Waals surface area (Å²) >= 11 is 7.84. The van der Waals surface area contributed by atoms with Gasteiger partial charge in [0.1, 0.15) is 5.52 Å². The van der Waals surface area contributed by atoms with E-state index < -0.39 is 0 Å². The minimum absolute atomic E-state index is 0.309. The Bertz CT molecular complexity index is 586. The van der Waals surface area contributed by atoms with Gasteiger partial charge in [0, 0.05) is 17.5 Å². The molecule has 0 amide bonds. The lowest BCUT2D eigenvalue weighted by atomic mass is 9.84. The predicted octanol–water partition coefficient (Wildman–Crippen LogP) is 2.95. The molecule has 0 spiro atoms. The molecule has 3 rings (SSSR count). The Labute approximate surface area is 115 Å². The van der Waals surface area contributed by atoms with Crippen LogP contribution in [0.15, 0.2) is 12.3 Å². The molecule has 2 N–H and O–H groups in total. The number of hydrogen-bond donors (Lipinski definition) is 1. The number of fused-ring (bicyclic) bond motifs is 1. The largest absolute Gasteiger partial charge is 0.369 e. The first kappa shape index (κ1) is 12.1. The first-order valence-corrected chi connectivity index (χ1v) is 7.56. The van der Waals surface area contributed by atoms with E-state index in [1.807, 2.05) is 22.4 Å².